The molecule has 2 unspecified atom stereocenters. The maximum absolute atomic E-state index is 12.5. The topological polar surface area (TPSA) is 54.0 Å². The van der Waals surface area contributed by atoms with Gasteiger partial charge in [0.1, 0.15) is 0 Å². The van der Waals surface area contributed by atoms with E-state index >= 15 is 0 Å². The number of hydrogen-bond acceptors (Lipinski definition) is 4. The van der Waals surface area contributed by atoms with E-state index in [2.05, 4.69) is 36.4 Å². The number of aromatic nitrogens is 1. The van der Waals surface area contributed by atoms with Crippen molar-refractivity contribution in [3.8, 4) is 0 Å². The second-order valence-corrected chi connectivity index (χ2v) is 7.17. The summed E-state index contributed by atoms with van der Waals surface area (Å²) in [4.78, 5) is 16.8. The molecule has 1 amide bonds. The first kappa shape index (κ1) is 15.4. The molecule has 1 aliphatic rings. The second kappa shape index (κ2) is 6.68. The lowest BCUT2D eigenvalue weighted by molar-refractivity contribution is -0.132. The van der Waals surface area contributed by atoms with Gasteiger partial charge in [0.2, 0.25) is 5.91 Å². The Bertz CT molecular complexity index is 424. The number of thiazole rings is 1. The molecule has 2 heterocycles. The van der Waals surface area contributed by atoms with Gasteiger partial charge in [-0.15, -0.1) is 11.3 Å². The van der Waals surface area contributed by atoms with Crippen molar-refractivity contribution < 1.29 is 4.79 Å². The molecule has 2 atom stereocenters. The third-order valence-electron chi connectivity index (χ3n) is 4.34. The lowest BCUT2D eigenvalue weighted by Gasteiger charge is -2.36. The van der Waals surface area contributed by atoms with E-state index in [0.717, 1.165) is 30.9 Å². The average molecular weight is 295 g/mol. The number of rotatable bonds is 5. The fourth-order valence-electron chi connectivity index (χ4n) is 2.69. The highest BCUT2D eigenvalue weighted by molar-refractivity contribution is 7.09. The van der Waals surface area contributed by atoms with Crippen LogP contribution in [0.1, 0.15) is 44.5 Å². The van der Waals surface area contributed by atoms with E-state index in [4.69, 9.17) is 0 Å². The van der Waals surface area contributed by atoms with Crippen molar-refractivity contribution in [2.45, 2.75) is 39.5 Å². The number of piperidine rings is 1. The van der Waals surface area contributed by atoms with E-state index in [-0.39, 0.29) is 17.2 Å². The zero-order chi connectivity index (χ0) is 14.6. The van der Waals surface area contributed by atoms with Crippen molar-refractivity contribution in [1.82, 2.24) is 15.6 Å². The molecular weight excluding hydrogens is 270 g/mol. The Labute approximate surface area is 125 Å². The molecule has 2 N–H and O–H groups in total. The summed E-state index contributed by atoms with van der Waals surface area (Å²) in [6, 6.07) is 0. The van der Waals surface area contributed by atoms with Crippen LogP contribution in [0.25, 0.3) is 0 Å². The second-order valence-electron chi connectivity index (χ2n) is 6.25. The fraction of sp³-hybridized carbons (Fsp3) is 0.733. The highest BCUT2D eigenvalue weighted by Crippen LogP contribution is 2.32. The van der Waals surface area contributed by atoms with E-state index in [0.29, 0.717) is 12.5 Å². The van der Waals surface area contributed by atoms with Gasteiger partial charge in [0.25, 0.3) is 0 Å². The molecule has 20 heavy (non-hydrogen) atoms. The Kier molecular flexibility index (Phi) is 5.16. The zero-order valence-corrected chi connectivity index (χ0v) is 13.4. The molecule has 0 spiro atoms. The molecule has 4 nitrogen and oxygen atoms in total. The molecule has 0 aromatic carbocycles. The number of nitrogens with one attached hydrogen (secondary N) is 2. The van der Waals surface area contributed by atoms with Crippen molar-refractivity contribution in [1.29, 1.82) is 0 Å². The van der Waals surface area contributed by atoms with E-state index in [9.17, 15) is 4.79 Å². The quantitative estimate of drug-likeness (QED) is 0.877. The lowest BCUT2D eigenvalue weighted by Crippen LogP contribution is -2.47. The Morgan fingerprint density at radius 2 is 2.45 bits per heavy atom. The highest BCUT2D eigenvalue weighted by atomic mass is 32.1. The molecule has 0 saturated carbocycles. The molecular formula is C15H25N3OS. The smallest absolute Gasteiger partial charge is 0.226 e. The SMILES string of the molecule is CC(CNC(=O)C(C)(C)C1CCCNC1)c1nccs1. The molecule has 0 radical (unpaired) electrons. The van der Waals surface area contributed by atoms with Crippen LogP contribution in [0.15, 0.2) is 11.6 Å². The first-order valence-electron chi connectivity index (χ1n) is 7.40. The van der Waals surface area contributed by atoms with Crippen LogP contribution in [0.2, 0.25) is 0 Å². The minimum Gasteiger partial charge on any atom is -0.355 e. The fourth-order valence-corrected chi connectivity index (χ4v) is 3.39. The zero-order valence-electron chi connectivity index (χ0n) is 12.6. The molecule has 1 fully saturated rings. The third kappa shape index (κ3) is 3.58. The van der Waals surface area contributed by atoms with E-state index in [1.165, 1.54) is 0 Å². The van der Waals surface area contributed by atoms with Gasteiger partial charge in [0.05, 0.1) is 5.01 Å². The third-order valence-corrected chi connectivity index (χ3v) is 5.35. The van der Waals surface area contributed by atoms with E-state index in [1.807, 2.05) is 11.6 Å². The highest BCUT2D eigenvalue weighted by Gasteiger charge is 2.37. The van der Waals surface area contributed by atoms with E-state index < -0.39 is 0 Å². The van der Waals surface area contributed by atoms with Gasteiger partial charge < -0.3 is 10.6 Å². The summed E-state index contributed by atoms with van der Waals surface area (Å²) in [7, 11) is 0. The summed E-state index contributed by atoms with van der Waals surface area (Å²) >= 11 is 1.65. The Hall–Kier alpha value is -0.940. The van der Waals surface area contributed by atoms with Gasteiger partial charge in [-0.2, -0.15) is 0 Å². The first-order chi connectivity index (χ1) is 9.51. The monoisotopic (exact) mass is 295 g/mol. The number of amides is 1. The van der Waals surface area contributed by atoms with Crippen LogP contribution in [0.3, 0.4) is 0 Å². The predicted molar refractivity (Wildman–Crippen MR) is 82.9 cm³/mol. The summed E-state index contributed by atoms with van der Waals surface area (Å²) in [5, 5.41) is 9.57. The number of carbonyl (C=O) groups excluding carboxylic acids is 1. The van der Waals surface area contributed by atoms with Crippen LogP contribution in [0.5, 0.6) is 0 Å². The summed E-state index contributed by atoms with van der Waals surface area (Å²) in [5.41, 5.74) is -0.310. The molecule has 1 aromatic rings. The van der Waals surface area contributed by atoms with Crippen LogP contribution < -0.4 is 10.6 Å². The predicted octanol–water partition coefficient (Wildman–Crippen LogP) is 2.39. The minimum absolute atomic E-state index is 0.162. The maximum Gasteiger partial charge on any atom is 0.226 e. The van der Waals surface area contributed by atoms with Gasteiger partial charge in [0.15, 0.2) is 0 Å². The number of hydrogen-bond donors (Lipinski definition) is 2. The Morgan fingerprint density at radius 1 is 1.65 bits per heavy atom. The Balaban J connectivity index is 1.86. The van der Waals surface area contributed by atoms with Gasteiger partial charge in [-0.05, 0) is 31.8 Å². The largest absolute Gasteiger partial charge is 0.355 e. The first-order valence-corrected chi connectivity index (χ1v) is 8.28. The molecule has 0 aliphatic carbocycles. The van der Waals surface area contributed by atoms with Crippen molar-refractivity contribution >= 4 is 17.2 Å². The van der Waals surface area contributed by atoms with Crippen molar-refractivity contribution in [3.63, 3.8) is 0 Å². The normalized spacial score (nSPS) is 21.4. The van der Waals surface area contributed by atoms with E-state index in [1.54, 1.807) is 11.3 Å². The van der Waals surface area contributed by atoms with Crippen molar-refractivity contribution in [2.75, 3.05) is 19.6 Å². The summed E-state index contributed by atoms with van der Waals surface area (Å²) < 4.78 is 0. The van der Waals surface area contributed by atoms with Crippen LogP contribution >= 0.6 is 11.3 Å². The van der Waals surface area contributed by atoms with Crippen molar-refractivity contribution in [2.24, 2.45) is 11.3 Å². The van der Waals surface area contributed by atoms with Crippen LogP contribution in [-0.4, -0.2) is 30.5 Å². The molecule has 1 saturated heterocycles. The maximum atomic E-state index is 12.5. The van der Waals surface area contributed by atoms with Crippen molar-refractivity contribution in [3.05, 3.63) is 16.6 Å². The summed E-state index contributed by atoms with van der Waals surface area (Å²) in [6.07, 6.45) is 4.11. The van der Waals surface area contributed by atoms with Gasteiger partial charge in [0, 0.05) is 29.5 Å². The van der Waals surface area contributed by atoms with Crippen LogP contribution in [0.4, 0.5) is 0 Å². The standard InChI is InChI=1S/C15H25N3OS/c1-11(13-17-7-8-20-13)9-18-14(19)15(2,3)12-5-4-6-16-10-12/h7-8,11-12,16H,4-6,9-10H2,1-3H3,(H,18,19). The molecule has 2 rings (SSSR count). The molecule has 112 valence electrons. The molecule has 5 heteroatoms. The minimum atomic E-state index is -0.310. The van der Waals surface area contributed by atoms with Crippen LogP contribution in [-0.2, 0) is 4.79 Å². The molecule has 0 bridgehead atoms. The molecule has 1 aromatic heterocycles. The summed E-state index contributed by atoms with van der Waals surface area (Å²) in [5.74, 6) is 0.861. The molecule has 1 aliphatic heterocycles. The van der Waals surface area contributed by atoms with Gasteiger partial charge in [-0.1, -0.05) is 20.8 Å². The van der Waals surface area contributed by atoms with Crippen LogP contribution in [0, 0.1) is 11.3 Å². The summed E-state index contributed by atoms with van der Waals surface area (Å²) in [6.45, 7) is 8.92. The number of carbonyl (C=O) groups is 1. The van der Waals surface area contributed by atoms with Gasteiger partial charge in [-0.25, -0.2) is 4.98 Å². The lowest BCUT2D eigenvalue weighted by atomic mass is 9.74. The number of nitrogens with zero attached hydrogens (tertiary/aromatic N) is 1. The van der Waals surface area contributed by atoms with Gasteiger partial charge >= 0.3 is 0 Å². The average Bonchev–Trinajstić information content (AvgIpc) is 2.99. The Morgan fingerprint density at radius 3 is 3.05 bits per heavy atom. The van der Waals surface area contributed by atoms with Gasteiger partial charge in [-0.3, -0.25) is 4.79 Å².